The standard InChI is InChI=1S/C28H32F2N6O2/c1-18(17-37-3)38-27-25-23(22-9-6-20(29)14-24(22)30)15-31-26(25)33-28(34-27)32-21-7-4-19(5-8-21)16-36-12-10-35(2)11-13-36/h4-9,14-15,18H,10-13,16-17H2,1-3H3,(H2,31,32,33,34). The largest absolute Gasteiger partial charge is 0.472 e. The average molecular weight is 523 g/mol. The van der Waals surface area contributed by atoms with E-state index >= 15 is 0 Å². The zero-order valence-electron chi connectivity index (χ0n) is 21.8. The molecule has 8 nitrogen and oxygen atoms in total. The van der Waals surface area contributed by atoms with E-state index in [1.54, 1.807) is 13.3 Å². The van der Waals surface area contributed by atoms with E-state index in [-0.39, 0.29) is 17.5 Å². The predicted molar refractivity (Wildman–Crippen MR) is 144 cm³/mol. The zero-order chi connectivity index (χ0) is 26.6. The number of methoxy groups -OCH3 is 1. The van der Waals surface area contributed by atoms with Crippen LogP contribution in [0.2, 0.25) is 0 Å². The summed E-state index contributed by atoms with van der Waals surface area (Å²) >= 11 is 0. The third-order valence-electron chi connectivity index (χ3n) is 6.65. The number of hydrogen-bond donors (Lipinski definition) is 2. The summed E-state index contributed by atoms with van der Waals surface area (Å²) < 4.78 is 39.5. The minimum Gasteiger partial charge on any atom is -0.472 e. The number of anilines is 2. The van der Waals surface area contributed by atoms with Crippen LogP contribution in [-0.4, -0.2) is 77.8 Å². The van der Waals surface area contributed by atoms with Crippen molar-refractivity contribution in [3.63, 3.8) is 0 Å². The summed E-state index contributed by atoms with van der Waals surface area (Å²) in [5.74, 6) is -0.722. The van der Waals surface area contributed by atoms with E-state index in [1.807, 2.05) is 19.1 Å². The van der Waals surface area contributed by atoms with Crippen LogP contribution in [0.3, 0.4) is 0 Å². The van der Waals surface area contributed by atoms with Gasteiger partial charge in [0.2, 0.25) is 11.8 Å². The molecule has 38 heavy (non-hydrogen) atoms. The Morgan fingerprint density at radius 2 is 1.79 bits per heavy atom. The number of piperazine rings is 1. The molecular weight excluding hydrogens is 490 g/mol. The van der Waals surface area contributed by atoms with Crippen LogP contribution < -0.4 is 10.1 Å². The Bertz CT molecular complexity index is 1390. The maximum absolute atomic E-state index is 14.6. The molecule has 2 N–H and O–H groups in total. The summed E-state index contributed by atoms with van der Waals surface area (Å²) in [4.78, 5) is 17.1. The maximum atomic E-state index is 14.6. The summed E-state index contributed by atoms with van der Waals surface area (Å²) in [6.07, 6.45) is 1.31. The van der Waals surface area contributed by atoms with Gasteiger partial charge < -0.3 is 24.7 Å². The molecule has 1 unspecified atom stereocenters. The topological polar surface area (TPSA) is 78.5 Å². The number of halogens is 2. The number of H-pyrrole nitrogens is 1. The maximum Gasteiger partial charge on any atom is 0.232 e. The zero-order valence-corrected chi connectivity index (χ0v) is 21.8. The molecule has 0 amide bonds. The lowest BCUT2D eigenvalue weighted by molar-refractivity contribution is 0.0902. The minimum atomic E-state index is -0.680. The summed E-state index contributed by atoms with van der Waals surface area (Å²) in [7, 11) is 3.74. The van der Waals surface area contributed by atoms with Gasteiger partial charge in [-0.25, -0.2) is 8.78 Å². The first-order chi connectivity index (χ1) is 18.4. The normalized spacial score (nSPS) is 15.6. The molecule has 2 aromatic carbocycles. The molecule has 1 fully saturated rings. The van der Waals surface area contributed by atoms with Crippen LogP contribution in [0.15, 0.2) is 48.7 Å². The Kier molecular flexibility index (Phi) is 7.82. The molecule has 10 heteroatoms. The number of ether oxygens (including phenoxy) is 2. The van der Waals surface area contributed by atoms with Crippen molar-refractivity contribution in [2.45, 2.75) is 19.6 Å². The van der Waals surface area contributed by atoms with Gasteiger partial charge in [0.05, 0.1) is 12.0 Å². The first-order valence-electron chi connectivity index (χ1n) is 12.7. The Morgan fingerprint density at radius 3 is 2.50 bits per heavy atom. The van der Waals surface area contributed by atoms with Crippen molar-refractivity contribution >= 4 is 22.7 Å². The van der Waals surface area contributed by atoms with Gasteiger partial charge in [0, 0.05) is 68.9 Å². The van der Waals surface area contributed by atoms with Crippen LogP contribution in [-0.2, 0) is 11.3 Å². The molecule has 0 radical (unpaired) electrons. The summed E-state index contributed by atoms with van der Waals surface area (Å²) in [6, 6.07) is 11.7. The SMILES string of the molecule is COCC(C)Oc1nc(Nc2ccc(CN3CCN(C)CC3)cc2)nc2[nH]cc(-c3ccc(F)cc3F)c12. The quantitative estimate of drug-likeness (QED) is 0.327. The second-order valence-corrected chi connectivity index (χ2v) is 9.69. The number of fused-ring (bicyclic) bond motifs is 1. The molecule has 1 aliphatic heterocycles. The fourth-order valence-electron chi connectivity index (χ4n) is 4.61. The smallest absolute Gasteiger partial charge is 0.232 e. The molecule has 4 aromatic rings. The van der Waals surface area contributed by atoms with E-state index in [2.05, 4.69) is 49.2 Å². The average Bonchev–Trinajstić information content (AvgIpc) is 3.31. The number of likely N-dealkylation sites (N-methyl/N-ethyl adjacent to an activating group) is 1. The lowest BCUT2D eigenvalue weighted by Gasteiger charge is -2.32. The van der Waals surface area contributed by atoms with Crippen LogP contribution in [0.5, 0.6) is 5.88 Å². The van der Waals surface area contributed by atoms with Gasteiger partial charge in [0.1, 0.15) is 23.4 Å². The second-order valence-electron chi connectivity index (χ2n) is 9.69. The van der Waals surface area contributed by atoms with Crippen molar-refractivity contribution in [1.29, 1.82) is 0 Å². The first-order valence-corrected chi connectivity index (χ1v) is 12.7. The third-order valence-corrected chi connectivity index (χ3v) is 6.65. The lowest BCUT2D eigenvalue weighted by atomic mass is 10.1. The molecule has 0 spiro atoms. The van der Waals surface area contributed by atoms with Crippen LogP contribution in [0.1, 0.15) is 12.5 Å². The molecule has 0 saturated carbocycles. The van der Waals surface area contributed by atoms with Gasteiger partial charge in [-0.1, -0.05) is 12.1 Å². The molecule has 0 bridgehead atoms. The fourth-order valence-corrected chi connectivity index (χ4v) is 4.61. The van der Waals surface area contributed by atoms with Crippen LogP contribution in [0, 0.1) is 11.6 Å². The van der Waals surface area contributed by atoms with Gasteiger partial charge >= 0.3 is 0 Å². The van der Waals surface area contributed by atoms with E-state index in [0.717, 1.165) is 44.5 Å². The predicted octanol–water partition coefficient (Wildman–Crippen LogP) is 4.81. The lowest BCUT2D eigenvalue weighted by Crippen LogP contribution is -2.43. The number of aromatic amines is 1. The molecule has 0 aliphatic carbocycles. The van der Waals surface area contributed by atoms with Gasteiger partial charge in [-0.3, -0.25) is 4.90 Å². The van der Waals surface area contributed by atoms with E-state index in [1.165, 1.54) is 17.7 Å². The highest BCUT2D eigenvalue weighted by molar-refractivity contribution is 5.98. The van der Waals surface area contributed by atoms with E-state index < -0.39 is 11.6 Å². The van der Waals surface area contributed by atoms with Crippen molar-refractivity contribution in [3.05, 3.63) is 65.9 Å². The highest BCUT2D eigenvalue weighted by Crippen LogP contribution is 2.36. The number of nitrogens with zero attached hydrogens (tertiary/aromatic N) is 4. The highest BCUT2D eigenvalue weighted by atomic mass is 19.1. The molecule has 1 atom stereocenters. The fraction of sp³-hybridized carbons (Fsp3) is 0.357. The van der Waals surface area contributed by atoms with Crippen molar-refractivity contribution in [1.82, 2.24) is 24.8 Å². The third kappa shape index (κ3) is 5.93. The van der Waals surface area contributed by atoms with Gasteiger partial charge in [-0.05, 0) is 43.8 Å². The molecule has 200 valence electrons. The second kappa shape index (κ2) is 11.4. The molecule has 1 aliphatic rings. The molecule has 3 heterocycles. The first kappa shape index (κ1) is 26.0. The minimum absolute atomic E-state index is 0.224. The molecular formula is C28H32F2N6O2. The monoisotopic (exact) mass is 522 g/mol. The van der Waals surface area contributed by atoms with E-state index in [4.69, 9.17) is 9.47 Å². The highest BCUT2D eigenvalue weighted by Gasteiger charge is 2.21. The van der Waals surface area contributed by atoms with E-state index in [9.17, 15) is 8.78 Å². The van der Waals surface area contributed by atoms with Crippen LogP contribution in [0.25, 0.3) is 22.2 Å². The number of benzene rings is 2. The summed E-state index contributed by atoms with van der Waals surface area (Å²) in [6.45, 7) is 7.41. The number of hydrogen-bond acceptors (Lipinski definition) is 7. The molecule has 2 aromatic heterocycles. The Labute approximate surface area is 220 Å². The van der Waals surface area contributed by atoms with Crippen molar-refractivity contribution < 1.29 is 18.3 Å². The Balaban J connectivity index is 1.41. The summed E-state index contributed by atoms with van der Waals surface area (Å²) in [5, 5.41) is 3.75. The van der Waals surface area contributed by atoms with Gasteiger partial charge in [0.15, 0.2) is 0 Å². The van der Waals surface area contributed by atoms with Gasteiger partial charge in [-0.15, -0.1) is 0 Å². The molecule has 5 rings (SSSR count). The Morgan fingerprint density at radius 1 is 1.03 bits per heavy atom. The van der Waals surface area contributed by atoms with Crippen LogP contribution in [0.4, 0.5) is 20.4 Å². The number of nitrogens with one attached hydrogen (secondary N) is 2. The van der Waals surface area contributed by atoms with Gasteiger partial charge in [0.25, 0.3) is 0 Å². The Hall–Kier alpha value is -3.60. The van der Waals surface area contributed by atoms with Crippen molar-refractivity contribution in [2.24, 2.45) is 0 Å². The molecule has 1 saturated heterocycles. The van der Waals surface area contributed by atoms with Crippen LogP contribution >= 0.6 is 0 Å². The van der Waals surface area contributed by atoms with E-state index in [0.29, 0.717) is 29.2 Å². The van der Waals surface area contributed by atoms with Gasteiger partial charge in [-0.2, -0.15) is 9.97 Å². The number of rotatable bonds is 9. The summed E-state index contributed by atoms with van der Waals surface area (Å²) in [5.41, 5.74) is 3.24. The van der Waals surface area contributed by atoms with Crippen molar-refractivity contribution in [2.75, 3.05) is 52.3 Å². The number of aromatic nitrogens is 3. The van der Waals surface area contributed by atoms with Crippen molar-refractivity contribution in [3.8, 4) is 17.0 Å².